The molecule has 1 aliphatic rings. The second-order valence-electron chi connectivity index (χ2n) is 2.59. The molecule has 3 nitrogen and oxygen atoms in total. The molecule has 0 atom stereocenters. The minimum Gasteiger partial charge on any atom is -0.450 e. The van der Waals surface area contributed by atoms with E-state index in [0.29, 0.717) is 6.73 Å². The number of ether oxygens (including phenoxy) is 1. The van der Waals surface area contributed by atoms with Gasteiger partial charge in [0, 0.05) is 0 Å². The van der Waals surface area contributed by atoms with Crippen molar-refractivity contribution in [2.24, 2.45) is 5.92 Å². The third-order valence-corrected chi connectivity index (χ3v) is 1.80. The van der Waals surface area contributed by atoms with E-state index in [2.05, 4.69) is 5.32 Å². The summed E-state index contributed by atoms with van der Waals surface area (Å²) in [6.45, 7) is 0.343. The maximum atomic E-state index is 10.9. The largest absolute Gasteiger partial charge is 0.450 e. The Kier molecular flexibility index (Phi) is 2.68. The Labute approximate surface area is 60.7 Å². The summed E-state index contributed by atoms with van der Waals surface area (Å²) in [6, 6.07) is 0. The van der Waals surface area contributed by atoms with E-state index in [1.165, 1.54) is 6.42 Å². The summed E-state index contributed by atoms with van der Waals surface area (Å²) >= 11 is 0. The van der Waals surface area contributed by atoms with Crippen LogP contribution in [0.4, 0.5) is 0 Å². The van der Waals surface area contributed by atoms with Crippen molar-refractivity contribution in [3.8, 4) is 0 Å². The number of nitrogens with one attached hydrogen (secondary N) is 1. The average molecular weight is 143 g/mol. The summed E-state index contributed by atoms with van der Waals surface area (Å²) in [6.07, 6.45) is 3.21. The van der Waals surface area contributed by atoms with Crippen molar-refractivity contribution in [3.05, 3.63) is 0 Å². The Morgan fingerprint density at radius 2 is 2.40 bits per heavy atom. The molecule has 0 aromatic heterocycles. The number of hydrogen-bond acceptors (Lipinski definition) is 3. The van der Waals surface area contributed by atoms with Gasteiger partial charge in [-0.2, -0.15) is 0 Å². The molecule has 0 radical (unpaired) electrons. The van der Waals surface area contributed by atoms with Gasteiger partial charge in [0.05, 0.1) is 5.92 Å². The van der Waals surface area contributed by atoms with Crippen LogP contribution in [0.1, 0.15) is 19.3 Å². The van der Waals surface area contributed by atoms with Gasteiger partial charge < -0.3 is 4.74 Å². The smallest absolute Gasteiger partial charge is 0.310 e. The lowest BCUT2D eigenvalue weighted by atomic mass is 9.86. The highest BCUT2D eigenvalue weighted by Gasteiger charge is 2.26. The second kappa shape index (κ2) is 3.56. The first kappa shape index (κ1) is 7.54. The molecule has 1 fully saturated rings. The standard InChI is InChI=1S/C7H13NO2/c1-8-5-10-7(9)6-3-2-4-6/h6,8H,2-5H2,1H3. The van der Waals surface area contributed by atoms with E-state index in [1.54, 1.807) is 7.05 Å². The van der Waals surface area contributed by atoms with E-state index in [-0.39, 0.29) is 11.9 Å². The molecular formula is C7H13NO2. The summed E-state index contributed by atoms with van der Waals surface area (Å²) in [7, 11) is 1.76. The van der Waals surface area contributed by atoms with Crippen LogP contribution in [0.5, 0.6) is 0 Å². The van der Waals surface area contributed by atoms with Gasteiger partial charge in [-0.05, 0) is 19.9 Å². The normalized spacial score (nSPS) is 18.1. The van der Waals surface area contributed by atoms with Crippen molar-refractivity contribution in [3.63, 3.8) is 0 Å². The fraction of sp³-hybridized carbons (Fsp3) is 0.857. The summed E-state index contributed by atoms with van der Waals surface area (Å²) in [5.74, 6) is 0.161. The highest BCUT2D eigenvalue weighted by atomic mass is 16.5. The molecular weight excluding hydrogens is 130 g/mol. The van der Waals surface area contributed by atoms with Crippen molar-refractivity contribution < 1.29 is 9.53 Å². The molecule has 1 N–H and O–H groups in total. The number of hydrogen-bond donors (Lipinski definition) is 1. The molecule has 1 saturated carbocycles. The van der Waals surface area contributed by atoms with Gasteiger partial charge in [0.25, 0.3) is 0 Å². The summed E-state index contributed by atoms with van der Waals surface area (Å²) in [4.78, 5) is 10.9. The van der Waals surface area contributed by atoms with Crippen LogP contribution in [0.3, 0.4) is 0 Å². The molecule has 3 heteroatoms. The first-order valence-corrected chi connectivity index (χ1v) is 3.66. The average Bonchev–Trinajstić information content (AvgIpc) is 1.79. The van der Waals surface area contributed by atoms with E-state index >= 15 is 0 Å². The Morgan fingerprint density at radius 3 is 2.80 bits per heavy atom. The van der Waals surface area contributed by atoms with Gasteiger partial charge in [0.15, 0.2) is 0 Å². The van der Waals surface area contributed by atoms with Crippen LogP contribution >= 0.6 is 0 Å². The van der Waals surface area contributed by atoms with E-state index in [0.717, 1.165) is 12.8 Å². The van der Waals surface area contributed by atoms with E-state index < -0.39 is 0 Å². The number of esters is 1. The quantitative estimate of drug-likeness (QED) is 0.462. The first-order valence-electron chi connectivity index (χ1n) is 3.66. The fourth-order valence-corrected chi connectivity index (χ4v) is 0.905. The molecule has 58 valence electrons. The molecule has 0 aromatic rings. The van der Waals surface area contributed by atoms with Crippen LogP contribution in [0.2, 0.25) is 0 Å². The highest BCUT2D eigenvalue weighted by molar-refractivity contribution is 5.73. The van der Waals surface area contributed by atoms with Gasteiger partial charge in [-0.1, -0.05) is 6.42 Å². The van der Waals surface area contributed by atoms with Gasteiger partial charge in [-0.25, -0.2) is 0 Å². The SMILES string of the molecule is CNCOC(=O)C1CCC1. The summed E-state index contributed by atoms with van der Waals surface area (Å²) < 4.78 is 4.85. The van der Waals surface area contributed by atoms with Gasteiger partial charge in [0.2, 0.25) is 0 Å². The number of carbonyl (C=O) groups is 1. The zero-order valence-electron chi connectivity index (χ0n) is 6.22. The van der Waals surface area contributed by atoms with Crippen molar-refractivity contribution in [1.82, 2.24) is 5.32 Å². The van der Waals surface area contributed by atoms with Crippen LogP contribution in [0, 0.1) is 5.92 Å². The molecule has 0 aliphatic heterocycles. The van der Waals surface area contributed by atoms with Crippen LogP contribution < -0.4 is 5.32 Å². The molecule has 1 aliphatic carbocycles. The van der Waals surface area contributed by atoms with Crippen LogP contribution in [-0.2, 0) is 9.53 Å². The number of carbonyl (C=O) groups excluding carboxylic acids is 1. The molecule has 0 amide bonds. The monoisotopic (exact) mass is 143 g/mol. The fourth-order valence-electron chi connectivity index (χ4n) is 0.905. The van der Waals surface area contributed by atoms with Crippen molar-refractivity contribution in [1.29, 1.82) is 0 Å². The Bertz CT molecular complexity index is 121. The van der Waals surface area contributed by atoms with Gasteiger partial charge in [-0.15, -0.1) is 0 Å². The molecule has 0 unspecified atom stereocenters. The minimum absolute atomic E-state index is 0.0411. The van der Waals surface area contributed by atoms with Gasteiger partial charge in [0.1, 0.15) is 6.73 Å². The highest BCUT2D eigenvalue weighted by Crippen LogP contribution is 2.27. The van der Waals surface area contributed by atoms with Crippen molar-refractivity contribution in [2.45, 2.75) is 19.3 Å². The maximum absolute atomic E-state index is 10.9. The number of rotatable bonds is 3. The molecule has 0 heterocycles. The predicted octanol–water partition coefficient (Wildman–Crippen LogP) is 0.507. The van der Waals surface area contributed by atoms with E-state index in [1.807, 2.05) is 0 Å². The molecule has 0 spiro atoms. The Balaban J connectivity index is 2.08. The Morgan fingerprint density at radius 1 is 1.70 bits per heavy atom. The zero-order valence-corrected chi connectivity index (χ0v) is 6.22. The van der Waals surface area contributed by atoms with Gasteiger partial charge >= 0.3 is 5.97 Å². The summed E-state index contributed by atoms with van der Waals surface area (Å²) in [5, 5.41) is 2.76. The third kappa shape index (κ3) is 1.70. The topological polar surface area (TPSA) is 38.3 Å². The lowest BCUT2D eigenvalue weighted by molar-refractivity contribution is -0.152. The maximum Gasteiger partial charge on any atom is 0.310 e. The first-order chi connectivity index (χ1) is 4.84. The molecule has 0 bridgehead atoms. The van der Waals surface area contributed by atoms with Gasteiger partial charge in [-0.3, -0.25) is 10.1 Å². The molecule has 0 aromatic carbocycles. The lowest BCUT2D eigenvalue weighted by Crippen LogP contribution is -2.27. The van der Waals surface area contributed by atoms with Crippen LogP contribution in [0.15, 0.2) is 0 Å². The minimum atomic E-state index is -0.0411. The van der Waals surface area contributed by atoms with Crippen LogP contribution in [0.25, 0.3) is 0 Å². The van der Waals surface area contributed by atoms with Crippen molar-refractivity contribution >= 4 is 5.97 Å². The summed E-state index contributed by atoms with van der Waals surface area (Å²) in [5.41, 5.74) is 0. The van der Waals surface area contributed by atoms with E-state index in [4.69, 9.17) is 4.74 Å². The lowest BCUT2D eigenvalue weighted by Gasteiger charge is -2.22. The van der Waals surface area contributed by atoms with Crippen LogP contribution in [-0.4, -0.2) is 19.7 Å². The Hall–Kier alpha value is -0.570. The second-order valence-corrected chi connectivity index (χ2v) is 2.59. The molecule has 0 saturated heterocycles. The zero-order chi connectivity index (χ0) is 7.40. The molecule has 1 rings (SSSR count). The predicted molar refractivity (Wildman–Crippen MR) is 37.4 cm³/mol. The molecule has 10 heavy (non-hydrogen) atoms. The van der Waals surface area contributed by atoms with Crippen molar-refractivity contribution in [2.75, 3.05) is 13.8 Å². The third-order valence-electron chi connectivity index (χ3n) is 1.80. The van der Waals surface area contributed by atoms with E-state index in [9.17, 15) is 4.79 Å².